The van der Waals surface area contributed by atoms with Crippen LogP contribution in [0.4, 0.5) is 0 Å². The molecule has 0 aromatic carbocycles. The fraction of sp³-hybridized carbons (Fsp3) is 0.636. The molecule has 1 aromatic heterocycles. The van der Waals surface area contributed by atoms with Crippen LogP contribution in [0.3, 0.4) is 0 Å². The van der Waals surface area contributed by atoms with Crippen LogP contribution in [-0.4, -0.2) is 22.5 Å². The topological polar surface area (TPSA) is 55.0 Å². The van der Waals surface area contributed by atoms with Gasteiger partial charge in [0.25, 0.3) is 0 Å². The summed E-state index contributed by atoms with van der Waals surface area (Å²) in [5, 5.41) is 0. The number of esters is 1. The molecule has 1 atom stereocenters. The lowest BCUT2D eigenvalue weighted by Gasteiger charge is -2.29. The van der Waals surface area contributed by atoms with Crippen LogP contribution in [0.25, 0.3) is 0 Å². The van der Waals surface area contributed by atoms with E-state index in [1.54, 1.807) is 6.33 Å². The van der Waals surface area contributed by atoms with Crippen molar-refractivity contribution in [2.75, 3.05) is 6.61 Å². The van der Waals surface area contributed by atoms with E-state index < -0.39 is 5.41 Å². The van der Waals surface area contributed by atoms with Gasteiger partial charge in [-0.25, -0.2) is 4.98 Å². The number of imidazole rings is 1. The highest BCUT2D eigenvalue weighted by Gasteiger charge is 2.42. The van der Waals surface area contributed by atoms with Gasteiger partial charge < -0.3 is 9.72 Å². The average molecular weight is 208 g/mol. The minimum atomic E-state index is -0.552. The first kappa shape index (κ1) is 10.2. The predicted molar refractivity (Wildman–Crippen MR) is 55.5 cm³/mol. The van der Waals surface area contributed by atoms with Crippen molar-refractivity contribution in [1.29, 1.82) is 0 Å². The van der Waals surface area contributed by atoms with Crippen molar-refractivity contribution in [1.82, 2.24) is 9.97 Å². The maximum atomic E-state index is 11.9. The number of nitrogens with one attached hydrogen (secondary N) is 1. The van der Waals surface area contributed by atoms with E-state index in [-0.39, 0.29) is 5.97 Å². The number of hydrogen-bond donors (Lipinski definition) is 1. The Kier molecular flexibility index (Phi) is 2.50. The van der Waals surface area contributed by atoms with E-state index >= 15 is 0 Å². The molecule has 0 aliphatic heterocycles. The summed E-state index contributed by atoms with van der Waals surface area (Å²) in [5.41, 5.74) is 1.40. The molecule has 1 heterocycles. The number of carbonyl (C=O) groups is 1. The maximum absolute atomic E-state index is 11.9. The Morgan fingerprint density at radius 3 is 3.27 bits per heavy atom. The molecule has 0 amide bonds. The summed E-state index contributed by atoms with van der Waals surface area (Å²) in [6.07, 6.45) is 4.46. The summed E-state index contributed by atoms with van der Waals surface area (Å²) in [7, 11) is 0. The van der Waals surface area contributed by atoms with E-state index in [9.17, 15) is 4.79 Å². The number of aryl methyl sites for hydroxylation is 1. The van der Waals surface area contributed by atoms with Gasteiger partial charge in [-0.3, -0.25) is 4.79 Å². The minimum Gasteiger partial charge on any atom is -0.465 e. The minimum absolute atomic E-state index is 0.155. The third kappa shape index (κ3) is 1.54. The first-order chi connectivity index (χ1) is 7.18. The molecule has 15 heavy (non-hydrogen) atoms. The van der Waals surface area contributed by atoms with Crippen LogP contribution in [0.2, 0.25) is 0 Å². The first-order valence-corrected chi connectivity index (χ1v) is 5.38. The molecule has 4 heteroatoms. The Balaban J connectivity index is 2.34. The fourth-order valence-corrected chi connectivity index (χ4v) is 2.21. The lowest BCUT2D eigenvalue weighted by atomic mass is 9.76. The van der Waals surface area contributed by atoms with Crippen molar-refractivity contribution in [2.45, 2.75) is 38.5 Å². The van der Waals surface area contributed by atoms with E-state index in [0.29, 0.717) is 6.61 Å². The molecule has 0 fully saturated rings. The zero-order chi connectivity index (χ0) is 10.9. The zero-order valence-corrected chi connectivity index (χ0v) is 9.17. The number of nitrogens with zero attached hydrogens (tertiary/aromatic N) is 1. The highest BCUT2D eigenvalue weighted by atomic mass is 16.5. The molecular weight excluding hydrogens is 192 g/mol. The van der Waals surface area contributed by atoms with Crippen molar-refractivity contribution in [3.05, 3.63) is 17.7 Å². The van der Waals surface area contributed by atoms with Crippen LogP contribution in [0.5, 0.6) is 0 Å². The van der Waals surface area contributed by atoms with Crippen LogP contribution in [0, 0.1) is 0 Å². The van der Waals surface area contributed by atoms with Crippen LogP contribution < -0.4 is 0 Å². The Morgan fingerprint density at radius 2 is 2.53 bits per heavy atom. The van der Waals surface area contributed by atoms with E-state index in [0.717, 1.165) is 30.7 Å². The molecule has 0 saturated carbocycles. The zero-order valence-electron chi connectivity index (χ0n) is 9.17. The van der Waals surface area contributed by atoms with Gasteiger partial charge >= 0.3 is 5.97 Å². The quantitative estimate of drug-likeness (QED) is 0.750. The lowest BCUT2D eigenvalue weighted by molar-refractivity contribution is -0.150. The third-order valence-electron chi connectivity index (χ3n) is 3.07. The van der Waals surface area contributed by atoms with Crippen molar-refractivity contribution in [2.24, 2.45) is 0 Å². The predicted octanol–water partition coefficient (Wildman–Crippen LogP) is 1.57. The largest absolute Gasteiger partial charge is 0.465 e. The normalized spacial score (nSPS) is 24.7. The number of ether oxygens (including phenoxy) is 1. The molecule has 1 aromatic rings. The van der Waals surface area contributed by atoms with Crippen LogP contribution in [-0.2, 0) is 21.4 Å². The lowest BCUT2D eigenvalue weighted by Crippen LogP contribution is -2.38. The number of H-pyrrole nitrogens is 1. The van der Waals surface area contributed by atoms with Gasteiger partial charge in [-0.2, -0.15) is 0 Å². The summed E-state index contributed by atoms with van der Waals surface area (Å²) >= 11 is 0. The molecule has 2 rings (SSSR count). The fourth-order valence-electron chi connectivity index (χ4n) is 2.21. The van der Waals surface area contributed by atoms with Gasteiger partial charge in [-0.15, -0.1) is 0 Å². The second-order valence-corrected chi connectivity index (χ2v) is 4.14. The monoisotopic (exact) mass is 208 g/mol. The Labute approximate surface area is 89.0 Å². The Morgan fingerprint density at radius 1 is 1.73 bits per heavy atom. The Bertz CT molecular complexity index is 372. The van der Waals surface area contributed by atoms with E-state index in [1.807, 2.05) is 13.8 Å². The summed E-state index contributed by atoms with van der Waals surface area (Å²) in [6, 6.07) is 0. The second-order valence-electron chi connectivity index (χ2n) is 4.14. The van der Waals surface area contributed by atoms with Gasteiger partial charge in [0.05, 0.1) is 18.6 Å². The molecule has 1 N–H and O–H groups in total. The summed E-state index contributed by atoms with van der Waals surface area (Å²) < 4.78 is 5.12. The summed E-state index contributed by atoms with van der Waals surface area (Å²) in [5.74, 6) is -0.155. The maximum Gasteiger partial charge on any atom is 0.317 e. The van der Waals surface area contributed by atoms with Gasteiger partial charge in [-0.1, -0.05) is 0 Å². The van der Waals surface area contributed by atoms with Gasteiger partial charge in [0.2, 0.25) is 0 Å². The average Bonchev–Trinajstić information content (AvgIpc) is 2.68. The molecule has 0 bridgehead atoms. The molecule has 4 nitrogen and oxygen atoms in total. The molecule has 0 spiro atoms. The first-order valence-electron chi connectivity index (χ1n) is 5.38. The number of aromatic amines is 1. The van der Waals surface area contributed by atoms with Gasteiger partial charge in [-0.05, 0) is 33.1 Å². The second kappa shape index (κ2) is 3.68. The highest BCUT2D eigenvalue weighted by Crippen LogP contribution is 2.36. The molecule has 0 saturated heterocycles. The number of rotatable bonds is 2. The van der Waals surface area contributed by atoms with E-state index in [2.05, 4.69) is 9.97 Å². The van der Waals surface area contributed by atoms with E-state index in [4.69, 9.17) is 4.74 Å². The van der Waals surface area contributed by atoms with E-state index in [1.165, 1.54) is 0 Å². The number of carbonyl (C=O) groups excluding carboxylic acids is 1. The van der Waals surface area contributed by atoms with Crippen LogP contribution in [0.15, 0.2) is 6.33 Å². The number of aromatic nitrogens is 2. The molecule has 1 aliphatic rings. The summed E-state index contributed by atoms with van der Waals surface area (Å²) in [4.78, 5) is 19.3. The van der Waals surface area contributed by atoms with Crippen molar-refractivity contribution in [3.63, 3.8) is 0 Å². The van der Waals surface area contributed by atoms with Crippen molar-refractivity contribution < 1.29 is 9.53 Å². The van der Waals surface area contributed by atoms with Crippen LogP contribution in [0.1, 0.15) is 38.1 Å². The number of fused-ring (bicyclic) bond motifs is 1. The Hall–Kier alpha value is -1.32. The van der Waals surface area contributed by atoms with Crippen molar-refractivity contribution in [3.8, 4) is 0 Å². The highest BCUT2D eigenvalue weighted by molar-refractivity contribution is 5.82. The smallest absolute Gasteiger partial charge is 0.317 e. The molecule has 1 aliphatic carbocycles. The standard InChI is InChI=1S/C11H16N2O2/c1-3-15-10(14)11(2)6-4-5-8-9(11)13-7-12-8/h7H,3-6H2,1-2H3,(H,12,13). The summed E-state index contributed by atoms with van der Waals surface area (Å²) in [6.45, 7) is 4.17. The molecule has 1 unspecified atom stereocenters. The molecular formula is C11H16N2O2. The molecule has 82 valence electrons. The number of hydrogen-bond acceptors (Lipinski definition) is 3. The molecule has 0 radical (unpaired) electrons. The van der Waals surface area contributed by atoms with Crippen LogP contribution >= 0.6 is 0 Å². The van der Waals surface area contributed by atoms with Gasteiger partial charge in [0, 0.05) is 5.69 Å². The van der Waals surface area contributed by atoms with Gasteiger partial charge in [0.15, 0.2) is 0 Å². The van der Waals surface area contributed by atoms with Crippen molar-refractivity contribution >= 4 is 5.97 Å². The van der Waals surface area contributed by atoms with Gasteiger partial charge in [0.1, 0.15) is 5.41 Å². The SMILES string of the molecule is CCOC(=O)C1(C)CCCc2[nH]cnc21. The third-order valence-corrected chi connectivity index (χ3v) is 3.07.